The lowest BCUT2D eigenvalue weighted by molar-refractivity contribution is 0.878. The van der Waals surface area contributed by atoms with Crippen molar-refractivity contribution in [2.45, 2.75) is 25.9 Å². The summed E-state index contributed by atoms with van der Waals surface area (Å²) in [5.74, 6) is 0.865. The Morgan fingerprint density at radius 3 is 2.83 bits per heavy atom. The molecule has 0 atom stereocenters. The Balaban J connectivity index is 2.33. The zero-order valence-corrected chi connectivity index (χ0v) is 11.8. The van der Waals surface area contributed by atoms with Crippen LogP contribution >= 0.6 is 11.8 Å². The maximum Gasteiger partial charge on any atom is 0.195 e. The number of benzene rings is 1. The molecule has 0 aliphatic rings. The number of hydrogen-bond donors (Lipinski definition) is 0. The first kappa shape index (κ1) is 12.9. The third kappa shape index (κ3) is 2.82. The van der Waals surface area contributed by atoms with Gasteiger partial charge in [0.05, 0.1) is 5.69 Å². The topological polar surface area (TPSA) is 30.7 Å². The van der Waals surface area contributed by atoms with Gasteiger partial charge in [-0.3, -0.25) is 4.57 Å². The van der Waals surface area contributed by atoms with Crippen molar-refractivity contribution in [1.29, 1.82) is 0 Å². The normalized spacial score (nSPS) is 10.6. The van der Waals surface area contributed by atoms with Gasteiger partial charge in [0.2, 0.25) is 0 Å². The monoisotopic (exact) mass is 259 g/mol. The highest BCUT2D eigenvalue weighted by Gasteiger charge is 2.09. The average molecular weight is 259 g/mol. The van der Waals surface area contributed by atoms with Crippen LogP contribution in [0.1, 0.15) is 18.1 Å². The molecule has 1 aromatic heterocycles. The lowest BCUT2D eigenvalue weighted by atomic mass is 10.1. The molecule has 0 spiro atoms. The summed E-state index contributed by atoms with van der Waals surface area (Å²) in [4.78, 5) is 0. The summed E-state index contributed by atoms with van der Waals surface area (Å²) in [6.07, 6.45) is 1.76. The Labute approximate surface area is 112 Å². The lowest BCUT2D eigenvalue weighted by Gasteiger charge is -2.10. The summed E-state index contributed by atoms with van der Waals surface area (Å²) in [5.41, 5.74) is 4.76. The fourth-order valence-corrected chi connectivity index (χ4v) is 2.52. The van der Waals surface area contributed by atoms with E-state index in [0.717, 1.165) is 22.2 Å². The van der Waals surface area contributed by atoms with Gasteiger partial charge < -0.3 is 0 Å². The van der Waals surface area contributed by atoms with Crippen molar-refractivity contribution in [3.63, 3.8) is 0 Å². The molecule has 0 radical (unpaired) electrons. The molecular weight excluding hydrogens is 242 g/mol. The first-order chi connectivity index (χ1) is 8.58. The number of hydrogen-bond acceptors (Lipinski definition) is 3. The highest BCUT2D eigenvalue weighted by molar-refractivity contribution is 7.99. The second kappa shape index (κ2) is 5.40. The van der Waals surface area contributed by atoms with Gasteiger partial charge in [-0.05, 0) is 32.4 Å². The van der Waals surface area contributed by atoms with Crippen LogP contribution in [0.3, 0.4) is 0 Å². The summed E-state index contributed by atoms with van der Waals surface area (Å²) in [7, 11) is 0. The van der Waals surface area contributed by atoms with Crippen molar-refractivity contribution in [3.05, 3.63) is 47.8 Å². The Morgan fingerprint density at radius 1 is 1.39 bits per heavy atom. The van der Waals surface area contributed by atoms with E-state index in [9.17, 15) is 0 Å². The molecular formula is C14H17N3S. The van der Waals surface area contributed by atoms with Crippen molar-refractivity contribution in [1.82, 2.24) is 14.8 Å². The number of aromatic nitrogens is 3. The molecule has 0 saturated carbocycles. The minimum absolute atomic E-state index is 0.865. The number of nitrogens with zero attached hydrogens (tertiary/aromatic N) is 3. The van der Waals surface area contributed by atoms with Crippen LogP contribution in [0.4, 0.5) is 0 Å². The molecule has 0 N–H and O–H groups in total. The van der Waals surface area contributed by atoms with Gasteiger partial charge in [-0.2, -0.15) is 0 Å². The minimum Gasteiger partial charge on any atom is -0.276 e. The van der Waals surface area contributed by atoms with Crippen LogP contribution in [0.2, 0.25) is 0 Å². The SMILES string of the molecule is C=C(C)CSc1nncn1-c1ccc(C)cc1C. The van der Waals surface area contributed by atoms with Crippen molar-refractivity contribution >= 4 is 11.8 Å². The fraction of sp³-hybridized carbons (Fsp3) is 0.286. The van der Waals surface area contributed by atoms with Crippen LogP contribution < -0.4 is 0 Å². The van der Waals surface area contributed by atoms with Gasteiger partial charge in [0.15, 0.2) is 5.16 Å². The number of thioether (sulfide) groups is 1. The van der Waals surface area contributed by atoms with E-state index in [1.807, 2.05) is 11.5 Å². The lowest BCUT2D eigenvalue weighted by Crippen LogP contribution is -1.98. The van der Waals surface area contributed by atoms with Gasteiger partial charge in [-0.1, -0.05) is 41.6 Å². The first-order valence-corrected chi connectivity index (χ1v) is 6.81. The van der Waals surface area contributed by atoms with E-state index < -0.39 is 0 Å². The average Bonchev–Trinajstić information content (AvgIpc) is 2.74. The third-order valence-electron chi connectivity index (χ3n) is 2.58. The van der Waals surface area contributed by atoms with Crippen LogP contribution in [-0.2, 0) is 0 Å². The van der Waals surface area contributed by atoms with Crippen molar-refractivity contribution in [2.24, 2.45) is 0 Å². The summed E-state index contributed by atoms with van der Waals surface area (Å²) in [6.45, 7) is 10.1. The van der Waals surface area contributed by atoms with Crippen molar-refractivity contribution < 1.29 is 0 Å². The summed E-state index contributed by atoms with van der Waals surface area (Å²) >= 11 is 1.66. The molecule has 1 aromatic carbocycles. The molecule has 4 heteroatoms. The van der Waals surface area contributed by atoms with Gasteiger partial charge in [0.25, 0.3) is 0 Å². The molecule has 0 aliphatic heterocycles. The fourth-order valence-electron chi connectivity index (χ4n) is 1.75. The molecule has 3 nitrogen and oxygen atoms in total. The van der Waals surface area contributed by atoms with Crippen molar-refractivity contribution in [3.8, 4) is 5.69 Å². The highest BCUT2D eigenvalue weighted by Crippen LogP contribution is 2.23. The smallest absolute Gasteiger partial charge is 0.195 e. The first-order valence-electron chi connectivity index (χ1n) is 5.83. The van der Waals surface area contributed by atoms with Gasteiger partial charge in [0, 0.05) is 5.75 Å². The molecule has 2 rings (SSSR count). The van der Waals surface area contributed by atoms with E-state index in [-0.39, 0.29) is 0 Å². The van der Waals surface area contributed by atoms with Gasteiger partial charge in [-0.15, -0.1) is 10.2 Å². The van der Waals surface area contributed by atoms with Crippen LogP contribution in [0.15, 0.2) is 41.8 Å². The van der Waals surface area contributed by atoms with Crippen LogP contribution in [0.25, 0.3) is 5.69 Å². The molecule has 0 saturated heterocycles. The molecule has 2 aromatic rings. The third-order valence-corrected chi connectivity index (χ3v) is 3.75. The highest BCUT2D eigenvalue weighted by atomic mass is 32.2. The second-order valence-corrected chi connectivity index (χ2v) is 5.46. The molecule has 0 bridgehead atoms. The Hall–Kier alpha value is -1.55. The van der Waals surface area contributed by atoms with E-state index in [0.29, 0.717) is 0 Å². The molecule has 18 heavy (non-hydrogen) atoms. The maximum absolute atomic E-state index is 4.16. The molecule has 94 valence electrons. The van der Waals surface area contributed by atoms with Gasteiger partial charge in [0.1, 0.15) is 6.33 Å². The summed E-state index contributed by atoms with van der Waals surface area (Å²) < 4.78 is 2.03. The zero-order chi connectivity index (χ0) is 13.1. The second-order valence-electron chi connectivity index (χ2n) is 4.52. The molecule has 1 heterocycles. The Morgan fingerprint density at radius 2 is 2.17 bits per heavy atom. The zero-order valence-electron chi connectivity index (χ0n) is 11.0. The largest absolute Gasteiger partial charge is 0.276 e. The summed E-state index contributed by atoms with van der Waals surface area (Å²) in [6, 6.07) is 6.39. The van der Waals surface area contributed by atoms with E-state index in [1.54, 1.807) is 18.1 Å². The quantitative estimate of drug-likeness (QED) is 0.621. The Bertz CT molecular complexity index is 572. The van der Waals surface area contributed by atoms with Crippen LogP contribution in [0.5, 0.6) is 0 Å². The number of rotatable bonds is 4. The predicted octanol–water partition coefficient (Wildman–Crippen LogP) is 3.55. The maximum atomic E-state index is 4.16. The molecule has 0 fully saturated rings. The standard InChI is InChI=1S/C14H17N3S/c1-10(2)8-18-14-16-15-9-17(14)13-6-5-11(3)7-12(13)4/h5-7,9H,1,8H2,2-4H3. The van der Waals surface area contributed by atoms with E-state index in [1.165, 1.54) is 11.1 Å². The van der Waals surface area contributed by atoms with E-state index >= 15 is 0 Å². The minimum atomic E-state index is 0.865. The number of aryl methyl sites for hydroxylation is 2. The van der Waals surface area contributed by atoms with Crippen LogP contribution in [-0.4, -0.2) is 20.5 Å². The molecule has 0 amide bonds. The van der Waals surface area contributed by atoms with E-state index in [2.05, 4.69) is 48.8 Å². The molecule has 0 unspecified atom stereocenters. The van der Waals surface area contributed by atoms with E-state index in [4.69, 9.17) is 0 Å². The predicted molar refractivity (Wildman–Crippen MR) is 76.4 cm³/mol. The van der Waals surface area contributed by atoms with Crippen LogP contribution in [0, 0.1) is 13.8 Å². The summed E-state index contributed by atoms with van der Waals surface area (Å²) in [5, 5.41) is 9.07. The van der Waals surface area contributed by atoms with Gasteiger partial charge in [-0.25, -0.2) is 0 Å². The molecule has 0 aliphatic carbocycles. The van der Waals surface area contributed by atoms with Crippen molar-refractivity contribution in [2.75, 3.05) is 5.75 Å². The van der Waals surface area contributed by atoms with Gasteiger partial charge >= 0.3 is 0 Å². The Kier molecular flexibility index (Phi) is 3.87.